The molecule has 0 spiro atoms. The maximum Gasteiger partial charge on any atom is 0.334 e. The Balaban J connectivity index is 4.19. The molecule has 3 N–H and O–H groups in total. The van der Waals surface area contributed by atoms with Crippen molar-refractivity contribution >= 4 is 8.56 Å². The summed E-state index contributed by atoms with van der Waals surface area (Å²) in [4.78, 5) is 0. The van der Waals surface area contributed by atoms with Gasteiger partial charge in [0.05, 0.1) is 0 Å². The lowest BCUT2D eigenvalue weighted by Crippen LogP contribution is -2.43. The fourth-order valence-electron chi connectivity index (χ4n) is 1.14. The number of hydrogen-bond acceptors (Lipinski definition) is 4. The third-order valence-corrected chi connectivity index (χ3v) is 5.47. The minimum Gasteiger partial charge on any atom is -0.398 e. The van der Waals surface area contributed by atoms with Gasteiger partial charge in [0.2, 0.25) is 0 Å². The van der Waals surface area contributed by atoms with Crippen LogP contribution >= 0.6 is 0 Å². The lowest BCUT2D eigenvalue weighted by Gasteiger charge is -2.28. The van der Waals surface area contributed by atoms with E-state index in [1.54, 1.807) is 14.2 Å². The summed E-state index contributed by atoms with van der Waals surface area (Å²) in [6.45, 7) is 3.95. The van der Waals surface area contributed by atoms with Crippen molar-refractivity contribution in [3.05, 3.63) is 0 Å². The molecule has 0 aliphatic rings. The predicted octanol–water partition coefficient (Wildman–Crippen LogP) is 0.307. The van der Waals surface area contributed by atoms with Crippen LogP contribution in [0.1, 0.15) is 6.92 Å². The first-order valence-corrected chi connectivity index (χ1v) is 6.98. The molecule has 0 aromatic rings. The fraction of sp³-hybridized carbons (Fsp3) is 1.00. The van der Waals surface area contributed by atoms with Crippen LogP contribution in [0.4, 0.5) is 0 Å². The maximum atomic E-state index is 9.08. The maximum absolute atomic E-state index is 9.08. The van der Waals surface area contributed by atoms with Crippen molar-refractivity contribution in [1.82, 2.24) is 0 Å². The third-order valence-electron chi connectivity index (χ3n) is 2.47. The summed E-state index contributed by atoms with van der Waals surface area (Å²) in [6, 6.07) is 0.705. The van der Waals surface area contributed by atoms with Gasteiger partial charge in [-0.2, -0.15) is 0 Å². The van der Waals surface area contributed by atoms with Gasteiger partial charge in [0.1, 0.15) is 0 Å². The molecule has 0 aromatic carbocycles. The summed E-state index contributed by atoms with van der Waals surface area (Å²) in [7, 11) is 1.20. The largest absolute Gasteiger partial charge is 0.398 e. The van der Waals surface area contributed by atoms with Crippen molar-refractivity contribution in [2.45, 2.75) is 25.6 Å². The van der Waals surface area contributed by atoms with Gasteiger partial charge in [-0.25, -0.2) is 0 Å². The van der Waals surface area contributed by atoms with Crippen LogP contribution < -0.4 is 5.73 Å². The standard InChI is InChI=1S/C8H21NO3Si/c1-7(9)8(5-10)6-13(4,11-2)12-3/h7-8,10H,5-6,9H2,1-4H3. The highest BCUT2D eigenvalue weighted by Gasteiger charge is 2.33. The van der Waals surface area contributed by atoms with Crippen LogP contribution in [0, 0.1) is 5.92 Å². The topological polar surface area (TPSA) is 64.7 Å². The van der Waals surface area contributed by atoms with E-state index in [9.17, 15) is 0 Å². The zero-order chi connectivity index (χ0) is 10.5. The summed E-state index contributed by atoms with van der Waals surface area (Å²) in [6.07, 6.45) is 0. The minimum absolute atomic E-state index is 0.0258. The lowest BCUT2D eigenvalue weighted by molar-refractivity contribution is 0.192. The molecule has 80 valence electrons. The van der Waals surface area contributed by atoms with Crippen LogP contribution in [0.25, 0.3) is 0 Å². The van der Waals surface area contributed by atoms with Crippen molar-refractivity contribution < 1.29 is 14.0 Å². The summed E-state index contributed by atoms with van der Waals surface area (Å²) >= 11 is 0. The molecule has 0 heterocycles. The first-order valence-electron chi connectivity index (χ1n) is 4.46. The molecule has 0 aliphatic carbocycles. The summed E-state index contributed by atoms with van der Waals surface area (Å²) in [5, 5.41) is 9.08. The number of aliphatic hydroxyl groups excluding tert-OH is 1. The van der Waals surface area contributed by atoms with Gasteiger partial charge < -0.3 is 19.7 Å². The van der Waals surface area contributed by atoms with Crippen molar-refractivity contribution in [2.24, 2.45) is 11.7 Å². The second-order valence-electron chi connectivity index (χ2n) is 3.55. The van der Waals surface area contributed by atoms with Gasteiger partial charge in [0, 0.05) is 26.9 Å². The summed E-state index contributed by atoms with van der Waals surface area (Å²) < 4.78 is 10.6. The van der Waals surface area contributed by atoms with Crippen LogP contribution in [-0.2, 0) is 8.85 Å². The van der Waals surface area contributed by atoms with Gasteiger partial charge in [-0.15, -0.1) is 0 Å². The normalized spacial score (nSPS) is 17.1. The fourth-order valence-corrected chi connectivity index (χ4v) is 3.10. The molecule has 0 rings (SSSR count). The molecule has 4 nitrogen and oxygen atoms in total. The second-order valence-corrected chi connectivity index (χ2v) is 7.04. The molecule has 0 radical (unpaired) electrons. The van der Waals surface area contributed by atoms with Gasteiger partial charge in [-0.1, -0.05) is 0 Å². The highest BCUT2D eigenvalue weighted by Crippen LogP contribution is 2.19. The number of hydrogen-bond donors (Lipinski definition) is 2. The molecule has 0 saturated heterocycles. The van der Waals surface area contributed by atoms with Gasteiger partial charge in [0.15, 0.2) is 0 Å². The highest BCUT2D eigenvalue weighted by atomic mass is 28.4. The van der Waals surface area contributed by atoms with Crippen LogP contribution in [0.5, 0.6) is 0 Å². The Kier molecular flexibility index (Phi) is 5.74. The van der Waals surface area contributed by atoms with E-state index in [1.807, 2.05) is 13.5 Å². The predicted molar refractivity (Wildman–Crippen MR) is 54.7 cm³/mol. The van der Waals surface area contributed by atoms with Crippen LogP contribution in [0.2, 0.25) is 12.6 Å². The van der Waals surface area contributed by atoms with Crippen LogP contribution in [0.3, 0.4) is 0 Å². The lowest BCUT2D eigenvalue weighted by atomic mass is 10.1. The molecular formula is C8H21NO3Si. The molecule has 5 heteroatoms. The Hall–Kier alpha value is 0.0569. The van der Waals surface area contributed by atoms with E-state index >= 15 is 0 Å². The summed E-state index contributed by atoms with van der Waals surface area (Å²) in [5.41, 5.74) is 5.71. The van der Waals surface area contributed by atoms with Crippen LogP contribution in [0.15, 0.2) is 0 Å². The monoisotopic (exact) mass is 207 g/mol. The second kappa shape index (κ2) is 5.72. The van der Waals surface area contributed by atoms with E-state index < -0.39 is 8.56 Å². The van der Waals surface area contributed by atoms with E-state index in [2.05, 4.69) is 0 Å². The zero-order valence-corrected chi connectivity index (χ0v) is 9.91. The van der Waals surface area contributed by atoms with Crippen molar-refractivity contribution in [3.63, 3.8) is 0 Å². The number of rotatable bonds is 6. The van der Waals surface area contributed by atoms with E-state index in [0.717, 1.165) is 6.04 Å². The molecule has 0 saturated carbocycles. The quantitative estimate of drug-likeness (QED) is 0.615. The van der Waals surface area contributed by atoms with Crippen molar-refractivity contribution in [1.29, 1.82) is 0 Å². The average Bonchev–Trinajstić information content (AvgIpc) is 2.13. The van der Waals surface area contributed by atoms with Crippen molar-refractivity contribution in [2.75, 3.05) is 20.8 Å². The van der Waals surface area contributed by atoms with Gasteiger partial charge in [-0.05, 0) is 25.4 Å². The highest BCUT2D eigenvalue weighted by molar-refractivity contribution is 6.66. The molecule has 0 fully saturated rings. The average molecular weight is 207 g/mol. The Bertz CT molecular complexity index is 139. The number of aliphatic hydroxyl groups is 1. The molecule has 2 unspecified atom stereocenters. The van der Waals surface area contributed by atoms with Gasteiger partial charge >= 0.3 is 8.56 Å². The smallest absolute Gasteiger partial charge is 0.334 e. The van der Waals surface area contributed by atoms with E-state index in [0.29, 0.717) is 0 Å². The molecule has 0 aromatic heterocycles. The first-order chi connectivity index (χ1) is 5.99. The van der Waals surface area contributed by atoms with Crippen molar-refractivity contribution in [3.8, 4) is 0 Å². The minimum atomic E-state index is -2.08. The Morgan fingerprint density at radius 2 is 1.85 bits per heavy atom. The van der Waals surface area contributed by atoms with Crippen LogP contribution in [-0.4, -0.2) is 40.5 Å². The zero-order valence-electron chi connectivity index (χ0n) is 8.91. The first kappa shape index (κ1) is 13.1. The van der Waals surface area contributed by atoms with Gasteiger partial charge in [0.25, 0.3) is 0 Å². The Morgan fingerprint density at radius 3 is 2.08 bits per heavy atom. The van der Waals surface area contributed by atoms with E-state index in [-0.39, 0.29) is 18.6 Å². The molecule has 13 heavy (non-hydrogen) atoms. The Morgan fingerprint density at radius 1 is 1.38 bits per heavy atom. The van der Waals surface area contributed by atoms with Gasteiger partial charge in [-0.3, -0.25) is 0 Å². The molecule has 2 atom stereocenters. The Labute approximate surface area is 81.3 Å². The molecular weight excluding hydrogens is 186 g/mol. The molecule has 0 amide bonds. The third kappa shape index (κ3) is 4.19. The van der Waals surface area contributed by atoms with E-state index in [1.165, 1.54) is 0 Å². The van der Waals surface area contributed by atoms with E-state index in [4.69, 9.17) is 19.7 Å². The number of nitrogens with two attached hydrogens (primary N) is 1. The SMILES string of the molecule is CO[Si](C)(CC(CO)C(C)N)OC. The molecule has 0 bridgehead atoms. The molecule has 0 aliphatic heterocycles. The summed E-state index contributed by atoms with van der Waals surface area (Å²) in [5.74, 6) is 0.0663.